The number of rotatable bonds is 4. The predicted molar refractivity (Wildman–Crippen MR) is 81.0 cm³/mol. The molecule has 0 radical (unpaired) electrons. The lowest BCUT2D eigenvalue weighted by Crippen LogP contribution is -2.24. The normalized spacial score (nSPS) is 13.1. The molecule has 0 N–H and O–H groups in total. The van der Waals surface area contributed by atoms with Crippen LogP contribution in [-0.2, 0) is 6.54 Å². The van der Waals surface area contributed by atoms with Crippen molar-refractivity contribution in [2.45, 2.75) is 33.7 Å². The van der Waals surface area contributed by atoms with Crippen LogP contribution in [0.25, 0.3) is 10.2 Å². The molecule has 2 rings (SSSR count). The fourth-order valence-corrected chi connectivity index (χ4v) is 3.36. The first-order valence-electron chi connectivity index (χ1n) is 6.14. The highest BCUT2D eigenvalue weighted by atomic mass is 32.1. The van der Waals surface area contributed by atoms with Crippen molar-refractivity contribution >= 4 is 34.2 Å². The summed E-state index contributed by atoms with van der Waals surface area (Å²) < 4.78 is 1.73. The molecule has 2 aromatic rings. The summed E-state index contributed by atoms with van der Waals surface area (Å²) in [5, 5.41) is 0.786. The van der Waals surface area contributed by atoms with Crippen molar-refractivity contribution in [2.24, 2.45) is 5.92 Å². The number of fused-ring (bicyclic) bond motifs is 1. The lowest BCUT2D eigenvalue weighted by Gasteiger charge is -2.13. The molecule has 0 aliphatic carbocycles. The Balaban J connectivity index is 2.51. The van der Waals surface area contributed by atoms with Gasteiger partial charge < -0.3 is 0 Å². The van der Waals surface area contributed by atoms with Gasteiger partial charge in [0, 0.05) is 11.4 Å². The molecule has 0 bridgehead atoms. The third-order valence-corrected chi connectivity index (χ3v) is 5.08. The second-order valence-electron chi connectivity index (χ2n) is 4.62. The van der Waals surface area contributed by atoms with Crippen LogP contribution in [0.1, 0.15) is 23.8 Å². The number of hydrogen-bond donors (Lipinski definition) is 1. The Hall–Kier alpha value is -0.810. The standard InChI is InChI=1S/C13H18N2OS2/c1-4-10(6-17)5-15-7-14-12-11(13(15)16)8(2)9(3)18-12/h7,10,17H,4-6H2,1-3H3. The van der Waals surface area contributed by atoms with Crippen LogP contribution in [0.4, 0.5) is 0 Å². The monoisotopic (exact) mass is 282 g/mol. The summed E-state index contributed by atoms with van der Waals surface area (Å²) in [6.07, 6.45) is 2.70. The molecule has 0 aromatic carbocycles. The van der Waals surface area contributed by atoms with E-state index < -0.39 is 0 Å². The molecule has 3 nitrogen and oxygen atoms in total. The van der Waals surface area contributed by atoms with Crippen LogP contribution >= 0.6 is 24.0 Å². The summed E-state index contributed by atoms with van der Waals surface area (Å²) in [4.78, 5) is 18.9. The van der Waals surface area contributed by atoms with Gasteiger partial charge in [-0.3, -0.25) is 9.36 Å². The summed E-state index contributed by atoms with van der Waals surface area (Å²) >= 11 is 5.92. The van der Waals surface area contributed by atoms with E-state index in [-0.39, 0.29) is 5.56 Å². The molecule has 1 unspecified atom stereocenters. The molecule has 1 atom stereocenters. The maximum Gasteiger partial charge on any atom is 0.262 e. The van der Waals surface area contributed by atoms with Crippen molar-refractivity contribution in [3.05, 3.63) is 27.1 Å². The van der Waals surface area contributed by atoms with E-state index in [4.69, 9.17) is 0 Å². The van der Waals surface area contributed by atoms with Gasteiger partial charge in [-0.05, 0) is 31.1 Å². The zero-order valence-corrected chi connectivity index (χ0v) is 12.6. The van der Waals surface area contributed by atoms with Gasteiger partial charge in [-0.15, -0.1) is 11.3 Å². The van der Waals surface area contributed by atoms with E-state index in [1.165, 1.54) is 4.88 Å². The number of hydrogen-bond acceptors (Lipinski definition) is 4. The van der Waals surface area contributed by atoms with Crippen molar-refractivity contribution in [1.82, 2.24) is 9.55 Å². The van der Waals surface area contributed by atoms with Gasteiger partial charge in [0.05, 0.1) is 11.7 Å². The Kier molecular flexibility index (Phi) is 4.12. The molecular weight excluding hydrogens is 264 g/mol. The van der Waals surface area contributed by atoms with E-state index in [1.807, 2.05) is 13.8 Å². The van der Waals surface area contributed by atoms with Crippen molar-refractivity contribution in [1.29, 1.82) is 0 Å². The number of aryl methyl sites for hydroxylation is 2. The van der Waals surface area contributed by atoms with Crippen molar-refractivity contribution < 1.29 is 0 Å². The molecular formula is C13H18N2OS2. The fourth-order valence-electron chi connectivity index (χ4n) is 1.99. The quantitative estimate of drug-likeness (QED) is 0.875. The summed E-state index contributed by atoms with van der Waals surface area (Å²) in [5.41, 5.74) is 1.16. The maximum atomic E-state index is 12.4. The van der Waals surface area contributed by atoms with Crippen LogP contribution in [0.5, 0.6) is 0 Å². The minimum atomic E-state index is 0.0853. The van der Waals surface area contributed by atoms with E-state index in [0.717, 1.165) is 28.0 Å². The van der Waals surface area contributed by atoms with E-state index in [2.05, 4.69) is 24.5 Å². The van der Waals surface area contributed by atoms with Crippen LogP contribution in [-0.4, -0.2) is 15.3 Å². The van der Waals surface area contributed by atoms with Gasteiger partial charge in [0.25, 0.3) is 5.56 Å². The van der Waals surface area contributed by atoms with Crippen LogP contribution in [0.3, 0.4) is 0 Å². The van der Waals surface area contributed by atoms with Gasteiger partial charge in [0.2, 0.25) is 0 Å². The summed E-state index contributed by atoms with van der Waals surface area (Å²) in [6, 6.07) is 0. The highest BCUT2D eigenvalue weighted by molar-refractivity contribution is 7.80. The molecule has 0 saturated carbocycles. The minimum Gasteiger partial charge on any atom is -0.298 e. The molecule has 0 fully saturated rings. The molecule has 18 heavy (non-hydrogen) atoms. The topological polar surface area (TPSA) is 34.9 Å². The molecule has 2 aromatic heterocycles. The first-order valence-corrected chi connectivity index (χ1v) is 7.59. The zero-order chi connectivity index (χ0) is 13.3. The average molecular weight is 282 g/mol. The number of thiophene rings is 1. The molecule has 0 saturated heterocycles. The smallest absolute Gasteiger partial charge is 0.262 e. The van der Waals surface area contributed by atoms with Gasteiger partial charge in [0.15, 0.2) is 0 Å². The first kappa shape index (κ1) is 13.6. The SMILES string of the molecule is CCC(CS)Cn1cnc2sc(C)c(C)c2c1=O. The number of nitrogens with zero attached hydrogens (tertiary/aromatic N) is 2. The largest absolute Gasteiger partial charge is 0.298 e. The van der Waals surface area contributed by atoms with Crippen molar-refractivity contribution in [2.75, 3.05) is 5.75 Å². The van der Waals surface area contributed by atoms with E-state index in [0.29, 0.717) is 12.5 Å². The highest BCUT2D eigenvalue weighted by Gasteiger charge is 2.13. The van der Waals surface area contributed by atoms with Crippen LogP contribution < -0.4 is 5.56 Å². The Morgan fingerprint density at radius 2 is 2.22 bits per heavy atom. The first-order chi connectivity index (χ1) is 8.58. The lowest BCUT2D eigenvalue weighted by atomic mass is 10.1. The molecule has 2 heterocycles. The molecule has 98 valence electrons. The highest BCUT2D eigenvalue weighted by Crippen LogP contribution is 2.25. The lowest BCUT2D eigenvalue weighted by molar-refractivity contribution is 0.466. The third-order valence-electron chi connectivity index (χ3n) is 3.45. The Morgan fingerprint density at radius 3 is 2.83 bits per heavy atom. The van der Waals surface area contributed by atoms with Gasteiger partial charge >= 0.3 is 0 Å². The predicted octanol–water partition coefficient (Wildman–Crippen LogP) is 3.03. The van der Waals surface area contributed by atoms with Crippen LogP contribution in [0, 0.1) is 19.8 Å². The van der Waals surface area contributed by atoms with Crippen molar-refractivity contribution in [3.63, 3.8) is 0 Å². The average Bonchev–Trinajstić information content (AvgIpc) is 2.65. The zero-order valence-electron chi connectivity index (χ0n) is 10.9. The molecule has 0 aliphatic rings. The van der Waals surface area contributed by atoms with Gasteiger partial charge in [0.1, 0.15) is 4.83 Å². The summed E-state index contributed by atoms with van der Waals surface area (Å²) in [5.74, 6) is 1.22. The Morgan fingerprint density at radius 1 is 1.50 bits per heavy atom. The maximum absolute atomic E-state index is 12.4. The summed E-state index contributed by atoms with van der Waals surface area (Å²) in [7, 11) is 0. The van der Waals surface area contributed by atoms with E-state index in [1.54, 1.807) is 22.2 Å². The third kappa shape index (κ3) is 2.34. The molecule has 0 spiro atoms. The number of aromatic nitrogens is 2. The van der Waals surface area contributed by atoms with Crippen LogP contribution in [0.2, 0.25) is 0 Å². The minimum absolute atomic E-state index is 0.0853. The van der Waals surface area contributed by atoms with Crippen molar-refractivity contribution in [3.8, 4) is 0 Å². The van der Waals surface area contributed by atoms with Crippen LogP contribution in [0.15, 0.2) is 11.1 Å². The fraction of sp³-hybridized carbons (Fsp3) is 0.538. The molecule has 0 aliphatic heterocycles. The van der Waals surface area contributed by atoms with Gasteiger partial charge in [-0.1, -0.05) is 13.3 Å². The Labute approximate surface area is 116 Å². The number of thiol groups is 1. The second kappa shape index (κ2) is 5.45. The van der Waals surface area contributed by atoms with E-state index >= 15 is 0 Å². The Bertz CT molecular complexity index is 611. The van der Waals surface area contributed by atoms with Gasteiger partial charge in [-0.25, -0.2) is 4.98 Å². The van der Waals surface area contributed by atoms with Gasteiger partial charge in [-0.2, -0.15) is 12.6 Å². The summed E-state index contributed by atoms with van der Waals surface area (Å²) in [6.45, 7) is 6.86. The molecule has 5 heteroatoms. The second-order valence-corrected chi connectivity index (χ2v) is 6.19. The molecule has 0 amide bonds. The van der Waals surface area contributed by atoms with E-state index in [9.17, 15) is 4.79 Å².